The van der Waals surface area contributed by atoms with Crippen molar-refractivity contribution in [3.63, 3.8) is 0 Å². The molecule has 0 bridgehead atoms. The molecule has 2 rings (SSSR count). The highest BCUT2D eigenvalue weighted by atomic mass is 35.5. The Hall–Kier alpha value is -0.970. The van der Waals surface area contributed by atoms with Gasteiger partial charge < -0.3 is 11.1 Å². The monoisotopic (exact) mass is 375 g/mol. The van der Waals surface area contributed by atoms with Crippen molar-refractivity contribution in [3.8, 4) is 0 Å². The van der Waals surface area contributed by atoms with Crippen molar-refractivity contribution in [2.75, 3.05) is 25.4 Å². The number of hydrogen-bond acceptors (Lipinski definition) is 3. The molecule has 1 unspecified atom stereocenters. The molecule has 1 aromatic carbocycles. The standard InChI is InChI=1S/C18H29N3O.2ClH/c1-4-14-7-6-10-21(12-14)18(2,3)13-20-17(22)15-8-5-9-16(19)11-15;;/h5,8-9,11,14H,4,6-7,10,12-13,19H2,1-3H3,(H,20,22);2*1H. The number of nitrogens with zero attached hydrogens (tertiary/aromatic N) is 1. The summed E-state index contributed by atoms with van der Waals surface area (Å²) in [6.45, 7) is 9.60. The second-order valence-electron chi connectivity index (χ2n) is 6.98. The van der Waals surface area contributed by atoms with Gasteiger partial charge in [-0.3, -0.25) is 9.69 Å². The first-order chi connectivity index (χ1) is 10.4. The van der Waals surface area contributed by atoms with Crippen LogP contribution in [0.5, 0.6) is 0 Å². The lowest BCUT2D eigenvalue weighted by Gasteiger charge is -2.43. The molecule has 1 amide bonds. The molecule has 1 aromatic rings. The number of carbonyl (C=O) groups is 1. The molecular weight excluding hydrogens is 345 g/mol. The fraction of sp³-hybridized carbons (Fsp3) is 0.611. The van der Waals surface area contributed by atoms with E-state index in [1.54, 1.807) is 18.2 Å². The van der Waals surface area contributed by atoms with E-state index in [4.69, 9.17) is 5.73 Å². The van der Waals surface area contributed by atoms with Crippen molar-refractivity contribution in [1.29, 1.82) is 0 Å². The molecule has 0 radical (unpaired) electrons. The summed E-state index contributed by atoms with van der Waals surface area (Å²) >= 11 is 0. The number of nitrogens with one attached hydrogen (secondary N) is 1. The minimum atomic E-state index is -0.0515. The molecule has 0 spiro atoms. The van der Waals surface area contributed by atoms with Crippen LogP contribution in [0, 0.1) is 5.92 Å². The molecule has 1 fully saturated rings. The average molecular weight is 376 g/mol. The van der Waals surface area contributed by atoms with Crippen LogP contribution in [-0.4, -0.2) is 36.0 Å². The summed E-state index contributed by atoms with van der Waals surface area (Å²) in [6.07, 6.45) is 3.83. The van der Waals surface area contributed by atoms with E-state index in [9.17, 15) is 4.79 Å². The van der Waals surface area contributed by atoms with Gasteiger partial charge in [-0.05, 0) is 57.4 Å². The van der Waals surface area contributed by atoms with E-state index in [2.05, 4.69) is 31.0 Å². The lowest BCUT2D eigenvalue weighted by atomic mass is 9.91. The fourth-order valence-electron chi connectivity index (χ4n) is 3.14. The number of hydrogen-bond donors (Lipinski definition) is 2. The lowest BCUT2D eigenvalue weighted by molar-refractivity contribution is 0.0612. The first-order valence-corrected chi connectivity index (χ1v) is 8.31. The van der Waals surface area contributed by atoms with Gasteiger partial charge in [0.05, 0.1) is 0 Å². The molecule has 6 heteroatoms. The van der Waals surface area contributed by atoms with Gasteiger partial charge in [0.1, 0.15) is 0 Å². The maximum atomic E-state index is 12.3. The Morgan fingerprint density at radius 3 is 2.71 bits per heavy atom. The molecule has 0 saturated carbocycles. The Balaban J connectivity index is 0.00000264. The molecule has 4 nitrogen and oxygen atoms in total. The summed E-state index contributed by atoms with van der Waals surface area (Å²) in [5.41, 5.74) is 6.96. The number of amides is 1. The van der Waals surface area contributed by atoms with Crippen molar-refractivity contribution >= 4 is 36.4 Å². The van der Waals surface area contributed by atoms with Crippen molar-refractivity contribution < 1.29 is 4.79 Å². The van der Waals surface area contributed by atoms with Gasteiger partial charge in [-0.15, -0.1) is 24.8 Å². The Bertz CT molecular complexity index is 523. The maximum absolute atomic E-state index is 12.3. The lowest BCUT2D eigenvalue weighted by Crippen LogP contribution is -2.54. The first-order valence-electron chi connectivity index (χ1n) is 8.31. The highest BCUT2D eigenvalue weighted by Crippen LogP contribution is 2.25. The quantitative estimate of drug-likeness (QED) is 0.770. The summed E-state index contributed by atoms with van der Waals surface area (Å²) < 4.78 is 0. The van der Waals surface area contributed by atoms with Gasteiger partial charge in [0.15, 0.2) is 0 Å². The largest absolute Gasteiger partial charge is 0.399 e. The minimum absolute atomic E-state index is 0. The van der Waals surface area contributed by atoms with Crippen molar-refractivity contribution in [3.05, 3.63) is 29.8 Å². The normalized spacial score (nSPS) is 18.2. The molecule has 0 aliphatic carbocycles. The van der Waals surface area contributed by atoms with E-state index in [1.807, 2.05) is 6.07 Å². The van der Waals surface area contributed by atoms with E-state index in [1.165, 1.54) is 19.3 Å². The predicted octanol–water partition coefficient (Wildman–Crippen LogP) is 3.74. The number of piperidine rings is 1. The maximum Gasteiger partial charge on any atom is 0.251 e. The van der Waals surface area contributed by atoms with Crippen LogP contribution >= 0.6 is 24.8 Å². The molecule has 1 heterocycles. The third-order valence-electron chi connectivity index (χ3n) is 4.78. The number of likely N-dealkylation sites (tertiary alicyclic amines) is 1. The summed E-state index contributed by atoms with van der Waals surface area (Å²) in [7, 11) is 0. The van der Waals surface area contributed by atoms with E-state index in [-0.39, 0.29) is 36.3 Å². The molecule has 1 saturated heterocycles. The van der Waals surface area contributed by atoms with Gasteiger partial charge >= 0.3 is 0 Å². The van der Waals surface area contributed by atoms with Gasteiger partial charge in [-0.1, -0.05) is 19.4 Å². The summed E-state index contributed by atoms with van der Waals surface area (Å²) in [5, 5.41) is 3.06. The van der Waals surface area contributed by atoms with Crippen LogP contribution in [0.4, 0.5) is 5.69 Å². The molecule has 1 atom stereocenters. The van der Waals surface area contributed by atoms with Crippen LogP contribution in [0.1, 0.15) is 50.4 Å². The van der Waals surface area contributed by atoms with E-state index in [0.717, 1.165) is 19.0 Å². The molecule has 24 heavy (non-hydrogen) atoms. The average Bonchev–Trinajstić information content (AvgIpc) is 2.52. The van der Waals surface area contributed by atoms with Gasteiger partial charge in [0.25, 0.3) is 5.91 Å². The summed E-state index contributed by atoms with van der Waals surface area (Å²) in [4.78, 5) is 14.8. The van der Waals surface area contributed by atoms with Crippen LogP contribution in [0.2, 0.25) is 0 Å². The van der Waals surface area contributed by atoms with Crippen LogP contribution < -0.4 is 11.1 Å². The predicted molar refractivity (Wildman–Crippen MR) is 106 cm³/mol. The smallest absolute Gasteiger partial charge is 0.251 e. The number of rotatable bonds is 5. The number of halogens is 2. The number of nitrogens with two attached hydrogens (primary N) is 1. The zero-order valence-electron chi connectivity index (χ0n) is 14.9. The Morgan fingerprint density at radius 2 is 2.08 bits per heavy atom. The minimum Gasteiger partial charge on any atom is -0.399 e. The van der Waals surface area contributed by atoms with E-state index in [0.29, 0.717) is 17.8 Å². The van der Waals surface area contributed by atoms with Gasteiger partial charge in [-0.2, -0.15) is 0 Å². The third kappa shape index (κ3) is 6.15. The summed E-state index contributed by atoms with van der Waals surface area (Å²) in [6, 6.07) is 7.12. The highest BCUT2D eigenvalue weighted by molar-refractivity contribution is 5.95. The molecule has 1 aliphatic heterocycles. The Morgan fingerprint density at radius 1 is 1.38 bits per heavy atom. The molecule has 1 aliphatic rings. The van der Waals surface area contributed by atoms with Gasteiger partial charge in [0, 0.05) is 29.9 Å². The van der Waals surface area contributed by atoms with E-state index >= 15 is 0 Å². The van der Waals surface area contributed by atoms with Crippen molar-refractivity contribution in [2.45, 2.75) is 45.6 Å². The number of anilines is 1. The van der Waals surface area contributed by atoms with Gasteiger partial charge in [0.2, 0.25) is 0 Å². The Kier molecular flexibility index (Phi) is 9.71. The zero-order chi connectivity index (χ0) is 16.2. The highest BCUT2D eigenvalue weighted by Gasteiger charge is 2.31. The van der Waals surface area contributed by atoms with Crippen LogP contribution in [0.25, 0.3) is 0 Å². The molecule has 138 valence electrons. The fourth-order valence-corrected chi connectivity index (χ4v) is 3.14. The summed E-state index contributed by atoms with van der Waals surface area (Å²) in [5.74, 6) is 0.738. The zero-order valence-corrected chi connectivity index (χ0v) is 16.5. The first kappa shape index (κ1) is 23.0. The second kappa shape index (κ2) is 10.1. The number of nitrogen functional groups attached to an aromatic ring is 1. The van der Waals surface area contributed by atoms with Crippen LogP contribution in [0.15, 0.2) is 24.3 Å². The Labute approximate surface area is 158 Å². The van der Waals surface area contributed by atoms with Crippen molar-refractivity contribution in [1.82, 2.24) is 10.2 Å². The number of carbonyl (C=O) groups excluding carboxylic acids is 1. The third-order valence-corrected chi connectivity index (χ3v) is 4.78. The molecule has 0 aromatic heterocycles. The van der Waals surface area contributed by atoms with Crippen LogP contribution in [-0.2, 0) is 0 Å². The second-order valence-corrected chi connectivity index (χ2v) is 6.98. The van der Waals surface area contributed by atoms with Crippen LogP contribution in [0.3, 0.4) is 0 Å². The number of benzene rings is 1. The molecular formula is C18H31Cl2N3O. The van der Waals surface area contributed by atoms with Crippen molar-refractivity contribution in [2.24, 2.45) is 5.92 Å². The SMILES string of the molecule is CCC1CCCN(C(C)(C)CNC(=O)c2cccc(N)c2)C1.Cl.Cl. The van der Waals surface area contributed by atoms with E-state index < -0.39 is 0 Å². The molecule has 3 N–H and O–H groups in total. The van der Waals surface area contributed by atoms with Gasteiger partial charge in [-0.25, -0.2) is 0 Å². The topological polar surface area (TPSA) is 58.4 Å².